The number of hydrogen-bond acceptors (Lipinski definition) is 6. The van der Waals surface area contributed by atoms with Crippen LogP contribution >= 0.6 is 11.3 Å². The average Bonchev–Trinajstić information content (AvgIpc) is 3.08. The quantitative estimate of drug-likeness (QED) is 0.355. The number of para-hydroxylation sites is 1. The van der Waals surface area contributed by atoms with Gasteiger partial charge in [0.05, 0.1) is 17.5 Å². The molecule has 27 heavy (non-hydrogen) atoms. The van der Waals surface area contributed by atoms with Gasteiger partial charge in [0.25, 0.3) is 5.91 Å². The van der Waals surface area contributed by atoms with Crippen molar-refractivity contribution in [2.45, 2.75) is 6.92 Å². The molecule has 3 aromatic rings. The lowest BCUT2D eigenvalue weighted by atomic mass is 10.1. The Kier molecular flexibility index (Phi) is 5.32. The fourth-order valence-electron chi connectivity index (χ4n) is 2.36. The van der Waals surface area contributed by atoms with E-state index in [4.69, 9.17) is 16.2 Å². The highest BCUT2D eigenvalue weighted by atomic mass is 32.1. The lowest BCUT2D eigenvalue weighted by molar-refractivity contribution is 0.102. The summed E-state index contributed by atoms with van der Waals surface area (Å²) >= 11 is 1.39. The molecule has 0 spiro atoms. The number of nitrogens with one attached hydrogen (secondary N) is 1. The van der Waals surface area contributed by atoms with Crippen LogP contribution in [-0.2, 0) is 0 Å². The summed E-state index contributed by atoms with van der Waals surface area (Å²) in [5.41, 5.74) is 13.2. The number of thiazole rings is 1. The number of hydrogen-bond donors (Lipinski definition) is 3. The first kappa shape index (κ1) is 18.3. The maximum Gasteiger partial charge on any atom is 0.257 e. The predicted molar refractivity (Wildman–Crippen MR) is 109 cm³/mol. The molecule has 1 heterocycles. The first-order chi connectivity index (χ1) is 13.0. The number of methoxy groups -OCH3 is 1. The number of carbonyl (C=O) groups is 1. The molecule has 0 saturated heterocycles. The largest absolute Gasteiger partial charge is 0.494 e. The third kappa shape index (κ3) is 4.21. The fourth-order valence-corrected chi connectivity index (χ4v) is 3.24. The lowest BCUT2D eigenvalue weighted by Gasteiger charge is -2.03. The van der Waals surface area contributed by atoms with Crippen molar-refractivity contribution in [3.8, 4) is 5.75 Å². The van der Waals surface area contributed by atoms with Gasteiger partial charge < -0.3 is 16.2 Å². The van der Waals surface area contributed by atoms with Gasteiger partial charge in [-0.3, -0.25) is 10.1 Å². The van der Waals surface area contributed by atoms with Gasteiger partial charge in [0.15, 0.2) is 5.13 Å². The molecule has 0 atom stereocenters. The molecule has 1 amide bonds. The van der Waals surface area contributed by atoms with Crippen LogP contribution in [0.4, 0.5) is 5.13 Å². The second-order valence-corrected chi connectivity index (χ2v) is 6.60. The van der Waals surface area contributed by atoms with Gasteiger partial charge in [-0.05, 0) is 36.8 Å². The van der Waals surface area contributed by atoms with Crippen molar-refractivity contribution in [2.75, 3.05) is 12.4 Å². The van der Waals surface area contributed by atoms with E-state index >= 15 is 0 Å². The van der Waals surface area contributed by atoms with Crippen molar-refractivity contribution in [3.05, 3.63) is 53.6 Å². The van der Waals surface area contributed by atoms with Gasteiger partial charge in [-0.25, -0.2) is 4.98 Å². The number of nitrogens with zero attached hydrogens (tertiary/aromatic N) is 3. The Morgan fingerprint density at radius 2 is 1.81 bits per heavy atom. The van der Waals surface area contributed by atoms with Gasteiger partial charge in [0, 0.05) is 5.56 Å². The van der Waals surface area contributed by atoms with Crippen LogP contribution in [0, 0.1) is 0 Å². The summed E-state index contributed by atoms with van der Waals surface area (Å²) in [6.45, 7) is 1.77. The molecule has 2 aromatic carbocycles. The topological polar surface area (TPSA) is 128 Å². The number of aromatic nitrogens is 1. The summed E-state index contributed by atoms with van der Waals surface area (Å²) < 4.78 is 6.23. The van der Waals surface area contributed by atoms with E-state index in [1.165, 1.54) is 11.3 Å². The van der Waals surface area contributed by atoms with Gasteiger partial charge >= 0.3 is 0 Å². The van der Waals surface area contributed by atoms with Crippen LogP contribution in [-0.4, -0.2) is 29.7 Å². The Balaban J connectivity index is 1.77. The Hall–Kier alpha value is -3.46. The molecule has 5 N–H and O–H groups in total. The zero-order valence-corrected chi connectivity index (χ0v) is 15.6. The number of anilines is 1. The van der Waals surface area contributed by atoms with Crippen LogP contribution in [0.5, 0.6) is 5.75 Å². The summed E-state index contributed by atoms with van der Waals surface area (Å²) in [4.78, 5) is 16.9. The summed E-state index contributed by atoms with van der Waals surface area (Å²) in [5.74, 6) is 0.306. The Morgan fingerprint density at radius 3 is 2.48 bits per heavy atom. The molecule has 0 saturated carbocycles. The normalized spacial score (nSPS) is 11.3. The molecular formula is C18H18N6O2S. The van der Waals surface area contributed by atoms with Crippen molar-refractivity contribution >= 4 is 44.3 Å². The number of carbonyl (C=O) groups excluding carboxylic acids is 1. The van der Waals surface area contributed by atoms with E-state index in [-0.39, 0.29) is 11.9 Å². The van der Waals surface area contributed by atoms with Crippen LogP contribution in [0.2, 0.25) is 0 Å². The van der Waals surface area contributed by atoms with Crippen molar-refractivity contribution in [1.29, 1.82) is 0 Å². The van der Waals surface area contributed by atoms with Gasteiger partial charge in [-0.2, -0.15) is 5.10 Å². The molecule has 0 fully saturated rings. The molecule has 0 unspecified atom stereocenters. The number of ether oxygens (including phenoxy) is 1. The summed E-state index contributed by atoms with van der Waals surface area (Å²) in [5, 5.41) is 10.8. The molecule has 9 heteroatoms. The van der Waals surface area contributed by atoms with E-state index in [1.807, 2.05) is 18.2 Å². The lowest BCUT2D eigenvalue weighted by Crippen LogP contribution is -2.22. The van der Waals surface area contributed by atoms with Gasteiger partial charge in [0.2, 0.25) is 5.96 Å². The van der Waals surface area contributed by atoms with Crippen LogP contribution in [0.25, 0.3) is 10.2 Å². The molecule has 0 aliphatic rings. The van der Waals surface area contributed by atoms with Crippen molar-refractivity contribution in [3.63, 3.8) is 0 Å². The van der Waals surface area contributed by atoms with Crippen molar-refractivity contribution in [2.24, 2.45) is 21.7 Å². The average molecular weight is 382 g/mol. The van der Waals surface area contributed by atoms with E-state index in [2.05, 4.69) is 20.5 Å². The second kappa shape index (κ2) is 7.83. The number of nitrogens with two attached hydrogens (primary N) is 2. The minimum Gasteiger partial charge on any atom is -0.494 e. The van der Waals surface area contributed by atoms with Crippen LogP contribution in [0.15, 0.2) is 52.7 Å². The molecule has 138 valence electrons. The number of fused-ring (bicyclic) bond motifs is 1. The molecule has 0 aliphatic carbocycles. The summed E-state index contributed by atoms with van der Waals surface area (Å²) in [7, 11) is 1.59. The Bertz CT molecular complexity index is 1040. The molecule has 8 nitrogen and oxygen atoms in total. The maximum absolute atomic E-state index is 12.5. The number of amides is 1. The van der Waals surface area contributed by atoms with E-state index < -0.39 is 0 Å². The van der Waals surface area contributed by atoms with Gasteiger partial charge in [-0.1, -0.05) is 29.5 Å². The number of guanidine groups is 1. The minimum atomic E-state index is -0.251. The summed E-state index contributed by atoms with van der Waals surface area (Å²) in [6, 6.07) is 12.6. The van der Waals surface area contributed by atoms with Crippen molar-refractivity contribution in [1.82, 2.24) is 4.98 Å². The zero-order chi connectivity index (χ0) is 19.4. The van der Waals surface area contributed by atoms with E-state index in [0.29, 0.717) is 22.2 Å². The van der Waals surface area contributed by atoms with Crippen LogP contribution in [0.3, 0.4) is 0 Å². The van der Waals surface area contributed by atoms with Crippen LogP contribution < -0.4 is 21.5 Å². The highest BCUT2D eigenvalue weighted by Crippen LogP contribution is 2.32. The monoisotopic (exact) mass is 382 g/mol. The standard InChI is InChI=1S/C18H18N6O2S/c1-10(23-24-17(19)20)11-6-8-12(9-7-11)16(25)22-18-21-15-13(26-2)4-3-5-14(15)27-18/h3-9H,1-2H3,(H4,19,20,24)(H,21,22,25)/b23-10+. The fraction of sp³-hybridized carbons (Fsp3) is 0.111. The first-order valence-electron chi connectivity index (χ1n) is 7.96. The highest BCUT2D eigenvalue weighted by Gasteiger charge is 2.12. The molecule has 0 radical (unpaired) electrons. The summed E-state index contributed by atoms with van der Waals surface area (Å²) in [6.07, 6.45) is 0. The highest BCUT2D eigenvalue weighted by molar-refractivity contribution is 7.22. The van der Waals surface area contributed by atoms with E-state index in [0.717, 1.165) is 15.8 Å². The smallest absolute Gasteiger partial charge is 0.257 e. The van der Waals surface area contributed by atoms with E-state index in [1.54, 1.807) is 38.3 Å². The molecular weight excluding hydrogens is 364 g/mol. The molecule has 1 aromatic heterocycles. The van der Waals surface area contributed by atoms with Crippen molar-refractivity contribution < 1.29 is 9.53 Å². The van der Waals surface area contributed by atoms with E-state index in [9.17, 15) is 4.79 Å². The third-order valence-electron chi connectivity index (χ3n) is 3.70. The minimum absolute atomic E-state index is 0.113. The Labute approximate surface area is 159 Å². The van der Waals surface area contributed by atoms with Crippen LogP contribution in [0.1, 0.15) is 22.8 Å². The number of rotatable bonds is 5. The molecule has 0 aliphatic heterocycles. The zero-order valence-electron chi connectivity index (χ0n) is 14.8. The second-order valence-electron chi connectivity index (χ2n) is 5.57. The predicted octanol–water partition coefficient (Wildman–Crippen LogP) is 2.55. The first-order valence-corrected chi connectivity index (χ1v) is 8.78. The Morgan fingerprint density at radius 1 is 1.11 bits per heavy atom. The number of benzene rings is 2. The molecule has 0 bridgehead atoms. The SMILES string of the molecule is COc1cccc2sc(NC(=O)c3ccc(/C(C)=N/N=C(N)N)cc3)nc12. The van der Waals surface area contributed by atoms with Gasteiger partial charge in [-0.15, -0.1) is 5.10 Å². The maximum atomic E-state index is 12.5. The van der Waals surface area contributed by atoms with Gasteiger partial charge in [0.1, 0.15) is 11.3 Å². The third-order valence-corrected chi connectivity index (χ3v) is 4.64. The molecule has 3 rings (SSSR count).